The maximum atomic E-state index is 10.6. The van der Waals surface area contributed by atoms with E-state index in [2.05, 4.69) is 47.4 Å². The molecule has 2 aromatic rings. The fourth-order valence-electron chi connectivity index (χ4n) is 3.71. The van der Waals surface area contributed by atoms with Crippen molar-refractivity contribution in [2.75, 3.05) is 13.2 Å². The molecule has 1 aliphatic heterocycles. The number of hydrogen-bond acceptors (Lipinski definition) is 4. The van der Waals surface area contributed by atoms with Gasteiger partial charge in [-0.3, -0.25) is 4.90 Å². The molecule has 1 N–H and O–H groups in total. The van der Waals surface area contributed by atoms with E-state index in [-0.39, 0.29) is 0 Å². The maximum Gasteiger partial charge on any atom is 0.490 e. The third-order valence-electron chi connectivity index (χ3n) is 5.53. The highest BCUT2D eigenvalue weighted by Gasteiger charge is 2.38. The number of aryl methyl sites for hydroxylation is 1. The first kappa shape index (κ1) is 23.3. The van der Waals surface area contributed by atoms with Crippen molar-refractivity contribution in [2.24, 2.45) is 5.92 Å². The number of carbonyl (C=O) groups is 1. The summed E-state index contributed by atoms with van der Waals surface area (Å²) in [7, 11) is 0. The van der Waals surface area contributed by atoms with Crippen LogP contribution in [0.2, 0.25) is 0 Å². The van der Waals surface area contributed by atoms with Crippen LogP contribution in [0.25, 0.3) is 0 Å². The van der Waals surface area contributed by atoms with Crippen molar-refractivity contribution in [1.82, 2.24) is 4.90 Å². The van der Waals surface area contributed by atoms with Gasteiger partial charge in [0.15, 0.2) is 0 Å². The molecule has 4 rings (SSSR count). The molecule has 0 spiro atoms. The molecule has 1 saturated carbocycles. The minimum atomic E-state index is -5.08. The lowest BCUT2D eigenvalue weighted by Crippen LogP contribution is -2.38. The van der Waals surface area contributed by atoms with E-state index < -0.39 is 12.1 Å². The number of hydrogen-bond donors (Lipinski definition) is 1. The van der Waals surface area contributed by atoms with Gasteiger partial charge in [-0.05, 0) is 56.2 Å². The first-order chi connectivity index (χ1) is 14.7. The van der Waals surface area contributed by atoms with Crippen molar-refractivity contribution in [3.05, 3.63) is 59.5 Å². The zero-order valence-electron chi connectivity index (χ0n) is 17.5. The van der Waals surface area contributed by atoms with E-state index in [9.17, 15) is 13.2 Å². The van der Waals surface area contributed by atoms with E-state index in [1.807, 2.05) is 6.92 Å². The van der Waals surface area contributed by atoms with Crippen LogP contribution in [0, 0.1) is 12.8 Å². The molecule has 1 aliphatic carbocycles. The topological polar surface area (TPSA) is 62.9 Å². The summed E-state index contributed by atoms with van der Waals surface area (Å²) >= 11 is 0. The zero-order valence-corrected chi connectivity index (χ0v) is 17.5. The van der Waals surface area contributed by atoms with Crippen molar-refractivity contribution in [3.8, 4) is 0 Å². The lowest BCUT2D eigenvalue weighted by atomic mass is 10.0. The van der Waals surface area contributed by atoms with Crippen LogP contribution in [-0.4, -0.2) is 47.4 Å². The van der Waals surface area contributed by atoms with Gasteiger partial charge in [0.2, 0.25) is 0 Å². The molecule has 2 aliphatic rings. The second-order valence-corrected chi connectivity index (χ2v) is 8.15. The van der Waals surface area contributed by atoms with Crippen molar-refractivity contribution in [3.63, 3.8) is 0 Å². The maximum absolute atomic E-state index is 10.6. The largest absolute Gasteiger partial charge is 0.490 e. The monoisotopic (exact) mass is 439 g/mol. The second-order valence-electron chi connectivity index (χ2n) is 8.15. The number of carboxylic acid groups (broad SMARTS) is 1. The SMILES string of the molecule is Cc1ccc(CN2CC[C@@H](OCC3CC3)[C@@H]2Cc2ccccc2)o1.O=C(O)C(F)(F)F. The molecule has 0 unspecified atom stereocenters. The van der Waals surface area contributed by atoms with E-state index in [0.717, 1.165) is 50.0 Å². The van der Waals surface area contributed by atoms with Gasteiger partial charge in [-0.2, -0.15) is 13.2 Å². The van der Waals surface area contributed by atoms with Gasteiger partial charge in [0.05, 0.1) is 12.6 Å². The van der Waals surface area contributed by atoms with Gasteiger partial charge in [0.1, 0.15) is 11.5 Å². The van der Waals surface area contributed by atoms with Crippen LogP contribution in [0.1, 0.15) is 36.3 Å². The van der Waals surface area contributed by atoms with Crippen LogP contribution < -0.4 is 0 Å². The van der Waals surface area contributed by atoms with Crippen molar-refractivity contribution in [1.29, 1.82) is 0 Å². The fourth-order valence-corrected chi connectivity index (χ4v) is 3.71. The minimum Gasteiger partial charge on any atom is -0.475 e. The Morgan fingerprint density at radius 1 is 1.16 bits per heavy atom. The van der Waals surface area contributed by atoms with Crippen LogP contribution in [0.15, 0.2) is 46.9 Å². The molecule has 2 heterocycles. The highest BCUT2D eigenvalue weighted by Crippen LogP contribution is 2.32. The van der Waals surface area contributed by atoms with Gasteiger partial charge >= 0.3 is 12.1 Å². The average molecular weight is 439 g/mol. The van der Waals surface area contributed by atoms with E-state index in [1.54, 1.807) is 0 Å². The molecular formula is C23H28F3NO4. The predicted molar refractivity (Wildman–Crippen MR) is 109 cm³/mol. The molecule has 31 heavy (non-hydrogen) atoms. The molecular weight excluding hydrogens is 411 g/mol. The summed E-state index contributed by atoms with van der Waals surface area (Å²) in [6, 6.07) is 15.4. The summed E-state index contributed by atoms with van der Waals surface area (Å²) in [4.78, 5) is 11.4. The van der Waals surface area contributed by atoms with Crippen LogP contribution >= 0.6 is 0 Å². The number of aliphatic carboxylic acids is 1. The van der Waals surface area contributed by atoms with Gasteiger partial charge in [0, 0.05) is 19.2 Å². The Hall–Kier alpha value is -2.32. The van der Waals surface area contributed by atoms with Crippen molar-refractivity contribution in [2.45, 2.75) is 57.5 Å². The molecule has 170 valence electrons. The molecule has 8 heteroatoms. The summed E-state index contributed by atoms with van der Waals surface area (Å²) in [6.07, 6.45) is 0.151. The standard InChI is InChI=1S/C21H27NO2.C2HF3O2/c1-16-7-10-19(24-16)14-22-12-11-21(23-15-18-8-9-18)20(22)13-17-5-3-2-4-6-17;3-2(4,5)1(6)7/h2-7,10,18,20-21H,8-9,11-15H2,1H3;(H,6,7)/t20-,21+;/m0./s1. The Labute approximate surface area is 179 Å². The Balaban J connectivity index is 0.000000339. The number of halogens is 3. The first-order valence-corrected chi connectivity index (χ1v) is 10.5. The van der Waals surface area contributed by atoms with Crippen LogP contribution in [0.3, 0.4) is 0 Å². The fraction of sp³-hybridized carbons (Fsp3) is 0.522. The molecule has 0 amide bonds. The Morgan fingerprint density at radius 3 is 2.39 bits per heavy atom. The molecule has 2 fully saturated rings. The predicted octanol–water partition coefficient (Wildman–Crippen LogP) is 4.83. The number of likely N-dealkylation sites (tertiary alicyclic amines) is 1. The van der Waals surface area contributed by atoms with Crippen LogP contribution in [0.5, 0.6) is 0 Å². The highest BCUT2D eigenvalue weighted by atomic mass is 19.4. The third kappa shape index (κ3) is 7.40. The lowest BCUT2D eigenvalue weighted by Gasteiger charge is -2.28. The van der Waals surface area contributed by atoms with Gasteiger partial charge in [0.25, 0.3) is 0 Å². The molecule has 1 aromatic carbocycles. The van der Waals surface area contributed by atoms with E-state index in [4.69, 9.17) is 19.1 Å². The van der Waals surface area contributed by atoms with Gasteiger partial charge in [-0.15, -0.1) is 0 Å². The smallest absolute Gasteiger partial charge is 0.475 e. The van der Waals surface area contributed by atoms with E-state index >= 15 is 0 Å². The Bertz CT molecular complexity index is 833. The molecule has 0 bridgehead atoms. The summed E-state index contributed by atoms with van der Waals surface area (Å²) in [5.74, 6) is 0.121. The highest BCUT2D eigenvalue weighted by molar-refractivity contribution is 5.73. The summed E-state index contributed by atoms with van der Waals surface area (Å²) in [5.41, 5.74) is 1.39. The number of rotatable bonds is 7. The number of furan rings is 1. The Kier molecular flexibility index (Phi) is 7.78. The van der Waals surface area contributed by atoms with E-state index in [0.29, 0.717) is 12.1 Å². The summed E-state index contributed by atoms with van der Waals surface area (Å²) in [5, 5.41) is 7.12. The normalized spacial score (nSPS) is 21.5. The van der Waals surface area contributed by atoms with Gasteiger partial charge < -0.3 is 14.3 Å². The number of alkyl halides is 3. The molecule has 1 aromatic heterocycles. The molecule has 5 nitrogen and oxygen atoms in total. The number of nitrogens with zero attached hydrogens (tertiary/aromatic N) is 1. The quantitative estimate of drug-likeness (QED) is 0.669. The summed E-state index contributed by atoms with van der Waals surface area (Å²) in [6.45, 7) is 4.93. The Morgan fingerprint density at radius 2 is 1.84 bits per heavy atom. The zero-order chi connectivity index (χ0) is 22.4. The van der Waals surface area contributed by atoms with Crippen molar-refractivity contribution < 1.29 is 32.2 Å². The summed E-state index contributed by atoms with van der Waals surface area (Å²) < 4.78 is 43.9. The molecule has 0 radical (unpaired) electrons. The number of ether oxygens (including phenoxy) is 1. The minimum absolute atomic E-state index is 0.349. The van der Waals surface area contributed by atoms with Crippen molar-refractivity contribution >= 4 is 5.97 Å². The second kappa shape index (κ2) is 10.3. The van der Waals surface area contributed by atoms with E-state index in [1.165, 1.54) is 18.4 Å². The van der Waals surface area contributed by atoms with Gasteiger partial charge in [-0.25, -0.2) is 4.79 Å². The lowest BCUT2D eigenvalue weighted by molar-refractivity contribution is -0.192. The van der Waals surface area contributed by atoms with Gasteiger partial charge in [-0.1, -0.05) is 30.3 Å². The number of benzene rings is 1. The third-order valence-corrected chi connectivity index (χ3v) is 5.53. The van der Waals surface area contributed by atoms with Crippen LogP contribution in [0.4, 0.5) is 13.2 Å². The molecule has 2 atom stereocenters. The number of carboxylic acids is 1. The van der Waals surface area contributed by atoms with Crippen LogP contribution in [-0.2, 0) is 22.5 Å². The average Bonchev–Trinajstić information content (AvgIpc) is 3.36. The first-order valence-electron chi connectivity index (χ1n) is 10.5. The molecule has 1 saturated heterocycles.